The van der Waals surface area contributed by atoms with Crippen LogP contribution in [0.25, 0.3) is 11.4 Å². The van der Waals surface area contributed by atoms with Gasteiger partial charge in [-0.2, -0.15) is 0 Å². The third-order valence-corrected chi connectivity index (χ3v) is 4.76. The van der Waals surface area contributed by atoms with Crippen molar-refractivity contribution in [2.24, 2.45) is 0 Å². The highest BCUT2D eigenvalue weighted by molar-refractivity contribution is 6.69. The molecule has 2 aromatic heterocycles. The Hall–Kier alpha value is -3.42. The van der Waals surface area contributed by atoms with E-state index in [1.54, 1.807) is 24.4 Å². The Morgan fingerprint density at radius 2 is 1.45 bits per heavy atom. The molecule has 4 rings (SSSR count). The normalized spacial score (nSPS) is 12.8. The second-order valence-electron chi connectivity index (χ2n) is 6.09. The molecule has 0 atom stereocenters. The fraction of sp³-hybridized carbons (Fsp3) is 0. The number of halogens is 2. The van der Waals surface area contributed by atoms with Gasteiger partial charge in [0.05, 0.1) is 28.2 Å². The first-order valence-corrected chi connectivity index (χ1v) is 8.97. The van der Waals surface area contributed by atoms with Gasteiger partial charge >= 0.3 is 0 Å². The number of nitrogens with zero attached hydrogens (tertiary/aromatic N) is 3. The average Bonchev–Trinajstić information content (AvgIpc) is 2.98. The van der Waals surface area contributed by atoms with Crippen molar-refractivity contribution in [2.45, 2.75) is 0 Å². The van der Waals surface area contributed by atoms with E-state index in [1.165, 1.54) is 30.5 Å². The number of pyridine rings is 2. The Kier molecular flexibility index (Phi) is 4.70. The molecule has 0 spiro atoms. The maximum absolute atomic E-state index is 13.0. The van der Waals surface area contributed by atoms with Crippen LogP contribution < -0.4 is 4.90 Å². The van der Waals surface area contributed by atoms with Crippen molar-refractivity contribution in [2.75, 3.05) is 4.90 Å². The van der Waals surface area contributed by atoms with Crippen LogP contribution in [0.2, 0.25) is 0 Å². The van der Waals surface area contributed by atoms with Gasteiger partial charge < -0.3 is 0 Å². The smallest absolute Gasteiger partial charge is 0.267 e. The molecule has 3 heterocycles. The summed E-state index contributed by atoms with van der Waals surface area (Å²) in [6.07, 6.45) is 2.88. The number of hydrogen-bond donors (Lipinski definition) is 0. The molecule has 0 aliphatic carbocycles. The predicted molar refractivity (Wildman–Crippen MR) is 105 cm³/mol. The molecule has 2 amide bonds. The minimum atomic E-state index is -0.860. The monoisotopic (exact) mass is 425 g/mol. The fourth-order valence-electron chi connectivity index (χ4n) is 2.99. The van der Waals surface area contributed by atoms with Gasteiger partial charge in [-0.05, 0) is 59.6 Å². The first-order valence-electron chi connectivity index (χ1n) is 8.22. The first-order chi connectivity index (χ1) is 13.9. The molecular weight excluding hydrogens is 417 g/mol. The van der Waals surface area contributed by atoms with Crippen LogP contribution in [0.4, 0.5) is 5.69 Å². The van der Waals surface area contributed by atoms with Crippen molar-refractivity contribution in [3.8, 4) is 11.4 Å². The Labute approximate surface area is 173 Å². The van der Waals surface area contributed by atoms with Crippen molar-refractivity contribution >= 4 is 51.2 Å². The highest BCUT2D eigenvalue weighted by atomic mass is 35.5. The van der Waals surface area contributed by atoms with Crippen molar-refractivity contribution in [1.29, 1.82) is 0 Å². The Balaban J connectivity index is 1.81. The summed E-state index contributed by atoms with van der Waals surface area (Å²) in [6, 6.07) is 10.4. The maximum atomic E-state index is 13.0. The highest BCUT2D eigenvalue weighted by Gasteiger charge is 2.38. The van der Waals surface area contributed by atoms with Gasteiger partial charge in [-0.3, -0.25) is 29.1 Å². The van der Waals surface area contributed by atoms with Gasteiger partial charge in [-0.1, -0.05) is 6.07 Å². The molecule has 3 aromatic rings. The average molecular weight is 426 g/mol. The van der Waals surface area contributed by atoms with Crippen LogP contribution in [0, 0.1) is 0 Å². The molecule has 0 radical (unpaired) electrons. The molecule has 7 nitrogen and oxygen atoms in total. The highest BCUT2D eigenvalue weighted by Crippen LogP contribution is 2.32. The standard InChI is InChI=1S/C20H9Cl2N3O4/c21-17(26)10-5-11(18(22)27)7-12(6-10)25-19(28)13-8-16(15-3-1-2-4-23-15)24-9-14(13)20(25)29/h1-9H. The van der Waals surface area contributed by atoms with E-state index in [9.17, 15) is 19.2 Å². The number of carbonyl (C=O) groups is 4. The van der Waals surface area contributed by atoms with E-state index in [4.69, 9.17) is 23.2 Å². The summed E-state index contributed by atoms with van der Waals surface area (Å²) in [5, 5.41) is -1.72. The van der Waals surface area contributed by atoms with Crippen molar-refractivity contribution in [3.05, 3.63) is 77.1 Å². The number of benzene rings is 1. The predicted octanol–water partition coefficient (Wildman–Crippen LogP) is 3.70. The second-order valence-corrected chi connectivity index (χ2v) is 6.78. The number of amides is 2. The molecule has 1 aromatic carbocycles. The quantitative estimate of drug-likeness (QED) is 0.466. The molecule has 142 valence electrons. The molecule has 1 aliphatic heterocycles. The number of aromatic nitrogens is 2. The molecule has 0 saturated carbocycles. The molecule has 1 aliphatic rings. The topological polar surface area (TPSA) is 97.3 Å². The summed E-state index contributed by atoms with van der Waals surface area (Å²) in [7, 11) is 0. The van der Waals surface area contributed by atoms with E-state index in [0.717, 1.165) is 4.90 Å². The summed E-state index contributed by atoms with van der Waals surface area (Å²) >= 11 is 11.0. The van der Waals surface area contributed by atoms with Crippen LogP contribution in [0.1, 0.15) is 41.4 Å². The van der Waals surface area contributed by atoms with Gasteiger partial charge in [-0.25, -0.2) is 4.90 Å². The van der Waals surface area contributed by atoms with E-state index in [2.05, 4.69) is 9.97 Å². The molecule has 9 heteroatoms. The fourth-order valence-corrected chi connectivity index (χ4v) is 3.21. The second kappa shape index (κ2) is 7.20. The van der Waals surface area contributed by atoms with Crippen molar-refractivity contribution in [1.82, 2.24) is 9.97 Å². The molecule has 29 heavy (non-hydrogen) atoms. The summed E-state index contributed by atoms with van der Waals surface area (Å²) in [4.78, 5) is 58.2. The van der Waals surface area contributed by atoms with E-state index in [0.29, 0.717) is 11.4 Å². The molecule has 0 N–H and O–H groups in total. The zero-order valence-corrected chi connectivity index (χ0v) is 15.9. The third kappa shape index (κ3) is 3.30. The van der Waals surface area contributed by atoms with Crippen LogP contribution in [-0.4, -0.2) is 32.3 Å². The minimum absolute atomic E-state index is 0.00564. The number of imide groups is 1. The number of rotatable bonds is 4. The van der Waals surface area contributed by atoms with Gasteiger partial charge in [0, 0.05) is 23.5 Å². The number of hydrogen-bond acceptors (Lipinski definition) is 6. The lowest BCUT2D eigenvalue weighted by atomic mass is 10.1. The van der Waals surface area contributed by atoms with Crippen LogP contribution in [0.5, 0.6) is 0 Å². The summed E-state index contributed by atoms with van der Waals surface area (Å²) in [5.74, 6) is -1.27. The van der Waals surface area contributed by atoms with Crippen molar-refractivity contribution in [3.63, 3.8) is 0 Å². The Bertz CT molecular complexity index is 1180. The number of carbonyl (C=O) groups excluding carboxylic acids is 4. The van der Waals surface area contributed by atoms with E-state index >= 15 is 0 Å². The van der Waals surface area contributed by atoms with Crippen LogP contribution in [0.3, 0.4) is 0 Å². The Morgan fingerprint density at radius 1 is 0.793 bits per heavy atom. The van der Waals surface area contributed by atoms with Gasteiger partial charge in [0.15, 0.2) is 0 Å². The van der Waals surface area contributed by atoms with E-state index < -0.39 is 22.3 Å². The summed E-state index contributed by atoms with van der Waals surface area (Å²) < 4.78 is 0. The Morgan fingerprint density at radius 3 is 2.03 bits per heavy atom. The lowest BCUT2D eigenvalue weighted by Crippen LogP contribution is -2.29. The number of fused-ring (bicyclic) bond motifs is 1. The van der Waals surface area contributed by atoms with Crippen LogP contribution >= 0.6 is 23.2 Å². The lowest BCUT2D eigenvalue weighted by Gasteiger charge is -2.15. The largest absolute Gasteiger partial charge is 0.276 e. The van der Waals surface area contributed by atoms with Crippen LogP contribution in [0.15, 0.2) is 54.9 Å². The molecular formula is C20H9Cl2N3O4. The summed E-state index contributed by atoms with van der Waals surface area (Å²) in [5.41, 5.74) is 1.05. The maximum Gasteiger partial charge on any atom is 0.267 e. The van der Waals surface area contributed by atoms with Crippen molar-refractivity contribution < 1.29 is 19.2 Å². The van der Waals surface area contributed by atoms with Gasteiger partial charge in [0.25, 0.3) is 22.3 Å². The van der Waals surface area contributed by atoms with Gasteiger partial charge in [-0.15, -0.1) is 0 Å². The minimum Gasteiger partial charge on any atom is -0.276 e. The van der Waals surface area contributed by atoms with Gasteiger partial charge in [0.2, 0.25) is 0 Å². The SMILES string of the molecule is O=C(Cl)c1cc(C(=O)Cl)cc(N2C(=O)c3cnc(-c4ccccn4)cc3C2=O)c1. The zero-order valence-electron chi connectivity index (χ0n) is 14.4. The molecule has 0 fully saturated rings. The van der Waals surface area contributed by atoms with E-state index in [1.807, 2.05) is 0 Å². The molecule has 0 unspecified atom stereocenters. The zero-order chi connectivity index (χ0) is 20.7. The molecule has 0 saturated heterocycles. The van der Waals surface area contributed by atoms with Crippen LogP contribution in [-0.2, 0) is 0 Å². The molecule has 0 bridgehead atoms. The van der Waals surface area contributed by atoms with E-state index in [-0.39, 0.29) is 27.9 Å². The summed E-state index contributed by atoms with van der Waals surface area (Å²) in [6.45, 7) is 0. The third-order valence-electron chi connectivity index (χ3n) is 4.33. The first kappa shape index (κ1) is 18.9. The van der Waals surface area contributed by atoms with Gasteiger partial charge in [0.1, 0.15) is 0 Å². The lowest BCUT2D eigenvalue weighted by molar-refractivity contribution is 0.0923. The number of anilines is 1.